The van der Waals surface area contributed by atoms with Crippen LogP contribution in [0.2, 0.25) is 0 Å². The molecule has 3 nitrogen and oxygen atoms in total. The van der Waals surface area contributed by atoms with Gasteiger partial charge in [-0.25, -0.2) is 4.98 Å². The summed E-state index contributed by atoms with van der Waals surface area (Å²) in [6.45, 7) is 6.24. The van der Waals surface area contributed by atoms with E-state index in [2.05, 4.69) is 25.8 Å². The summed E-state index contributed by atoms with van der Waals surface area (Å²) in [7, 11) is 0. The Kier molecular flexibility index (Phi) is 4.74. The molecule has 0 fully saturated rings. The number of aromatic nitrogens is 1. The third-order valence-electron chi connectivity index (χ3n) is 3.30. The summed E-state index contributed by atoms with van der Waals surface area (Å²) in [5.41, 5.74) is 4.22. The molecule has 1 N–H and O–H groups in total. The van der Waals surface area contributed by atoms with Gasteiger partial charge in [-0.15, -0.1) is 0 Å². The van der Waals surface area contributed by atoms with Crippen molar-refractivity contribution in [3.63, 3.8) is 0 Å². The third kappa shape index (κ3) is 3.58. The number of hydrogen-bond donors (Lipinski definition) is 1. The molecule has 20 heavy (non-hydrogen) atoms. The standard InChI is InChI=1S/C17H21NO2/c1-4-5-15-9-14(11-19)10-17(18-15)20-16-7-6-12(2)13(3)8-16/h6-10,19H,4-5,11H2,1-3H3. The van der Waals surface area contributed by atoms with Crippen LogP contribution in [0.1, 0.15) is 35.7 Å². The van der Waals surface area contributed by atoms with Gasteiger partial charge in [-0.1, -0.05) is 19.4 Å². The molecule has 0 amide bonds. The summed E-state index contributed by atoms with van der Waals surface area (Å²) < 4.78 is 5.82. The van der Waals surface area contributed by atoms with Crippen molar-refractivity contribution in [1.29, 1.82) is 0 Å². The Morgan fingerprint density at radius 3 is 2.55 bits per heavy atom. The normalized spacial score (nSPS) is 10.6. The maximum Gasteiger partial charge on any atom is 0.219 e. The predicted molar refractivity (Wildman–Crippen MR) is 80.1 cm³/mol. The first-order chi connectivity index (χ1) is 9.62. The van der Waals surface area contributed by atoms with E-state index in [1.807, 2.05) is 24.3 Å². The number of rotatable bonds is 5. The van der Waals surface area contributed by atoms with Gasteiger partial charge in [0.25, 0.3) is 0 Å². The molecule has 1 aromatic heterocycles. The monoisotopic (exact) mass is 271 g/mol. The molecule has 2 aromatic rings. The van der Waals surface area contributed by atoms with Gasteiger partial charge in [0, 0.05) is 11.8 Å². The molecule has 0 aliphatic heterocycles. The van der Waals surface area contributed by atoms with E-state index in [-0.39, 0.29) is 6.61 Å². The van der Waals surface area contributed by atoms with Crippen LogP contribution in [0.25, 0.3) is 0 Å². The Hall–Kier alpha value is -1.87. The molecule has 0 atom stereocenters. The van der Waals surface area contributed by atoms with E-state index in [1.54, 1.807) is 6.07 Å². The van der Waals surface area contributed by atoms with Gasteiger partial charge in [-0.3, -0.25) is 0 Å². The van der Waals surface area contributed by atoms with Crippen molar-refractivity contribution in [3.8, 4) is 11.6 Å². The van der Waals surface area contributed by atoms with Gasteiger partial charge >= 0.3 is 0 Å². The van der Waals surface area contributed by atoms with Crippen molar-refractivity contribution in [1.82, 2.24) is 4.98 Å². The second-order valence-electron chi connectivity index (χ2n) is 5.06. The molecule has 0 aliphatic rings. The number of aliphatic hydroxyl groups is 1. The molecule has 106 valence electrons. The molecular weight excluding hydrogens is 250 g/mol. The highest BCUT2D eigenvalue weighted by molar-refractivity contribution is 5.36. The minimum absolute atomic E-state index is 0.00250. The smallest absolute Gasteiger partial charge is 0.219 e. The minimum Gasteiger partial charge on any atom is -0.439 e. The highest BCUT2D eigenvalue weighted by Crippen LogP contribution is 2.24. The van der Waals surface area contributed by atoms with Gasteiger partial charge in [0.1, 0.15) is 5.75 Å². The molecule has 2 rings (SSSR count). The zero-order valence-electron chi connectivity index (χ0n) is 12.3. The largest absolute Gasteiger partial charge is 0.439 e. The number of aryl methyl sites for hydroxylation is 3. The van der Waals surface area contributed by atoms with Crippen molar-refractivity contribution in [2.24, 2.45) is 0 Å². The molecule has 3 heteroatoms. The highest BCUT2D eigenvalue weighted by atomic mass is 16.5. The lowest BCUT2D eigenvalue weighted by atomic mass is 10.1. The summed E-state index contributed by atoms with van der Waals surface area (Å²) in [6.07, 6.45) is 1.90. The van der Waals surface area contributed by atoms with Crippen LogP contribution in [0.3, 0.4) is 0 Å². The third-order valence-corrected chi connectivity index (χ3v) is 3.30. The van der Waals surface area contributed by atoms with Crippen LogP contribution in [-0.2, 0) is 13.0 Å². The molecular formula is C17H21NO2. The lowest BCUT2D eigenvalue weighted by Gasteiger charge is -2.10. The Bertz CT molecular complexity index is 594. The zero-order valence-corrected chi connectivity index (χ0v) is 12.3. The van der Waals surface area contributed by atoms with E-state index in [9.17, 15) is 5.11 Å². The van der Waals surface area contributed by atoms with E-state index in [1.165, 1.54) is 11.1 Å². The van der Waals surface area contributed by atoms with E-state index in [0.717, 1.165) is 29.8 Å². The Morgan fingerprint density at radius 1 is 1.10 bits per heavy atom. The van der Waals surface area contributed by atoms with Crippen molar-refractivity contribution in [3.05, 3.63) is 52.7 Å². The fourth-order valence-electron chi connectivity index (χ4n) is 2.05. The van der Waals surface area contributed by atoms with Gasteiger partial charge in [0.05, 0.1) is 6.61 Å². The molecule has 0 saturated heterocycles. The van der Waals surface area contributed by atoms with E-state index >= 15 is 0 Å². The number of ether oxygens (including phenoxy) is 1. The first-order valence-corrected chi connectivity index (χ1v) is 6.98. The Labute approximate surface area is 120 Å². The maximum atomic E-state index is 9.32. The molecule has 0 bridgehead atoms. The van der Waals surface area contributed by atoms with Gasteiger partial charge in [-0.05, 0) is 55.2 Å². The van der Waals surface area contributed by atoms with Gasteiger partial charge in [0.15, 0.2) is 0 Å². The Morgan fingerprint density at radius 2 is 1.90 bits per heavy atom. The van der Waals surface area contributed by atoms with Gasteiger partial charge < -0.3 is 9.84 Å². The fraction of sp³-hybridized carbons (Fsp3) is 0.353. The number of nitrogens with zero attached hydrogens (tertiary/aromatic N) is 1. The Balaban J connectivity index is 2.27. The molecule has 1 aromatic carbocycles. The van der Waals surface area contributed by atoms with E-state index in [4.69, 9.17) is 4.74 Å². The SMILES string of the molecule is CCCc1cc(CO)cc(Oc2ccc(C)c(C)c2)n1. The van der Waals surface area contributed by atoms with Crippen LogP contribution in [0.15, 0.2) is 30.3 Å². The summed E-state index contributed by atoms with van der Waals surface area (Å²) in [5.74, 6) is 1.32. The first-order valence-electron chi connectivity index (χ1n) is 6.98. The highest BCUT2D eigenvalue weighted by Gasteiger charge is 2.05. The summed E-state index contributed by atoms with van der Waals surface area (Å²) in [6, 6.07) is 9.69. The lowest BCUT2D eigenvalue weighted by Crippen LogP contribution is -1.97. The molecule has 0 spiro atoms. The van der Waals surface area contributed by atoms with Crippen molar-refractivity contribution >= 4 is 0 Å². The van der Waals surface area contributed by atoms with Crippen molar-refractivity contribution in [2.75, 3.05) is 0 Å². The molecule has 0 unspecified atom stereocenters. The summed E-state index contributed by atoms with van der Waals surface area (Å²) in [5, 5.41) is 9.32. The molecule has 0 saturated carbocycles. The average molecular weight is 271 g/mol. The van der Waals surface area contributed by atoms with Crippen molar-refractivity contribution in [2.45, 2.75) is 40.2 Å². The average Bonchev–Trinajstić information content (AvgIpc) is 2.43. The summed E-state index contributed by atoms with van der Waals surface area (Å²) in [4.78, 5) is 4.49. The second-order valence-corrected chi connectivity index (χ2v) is 5.06. The van der Waals surface area contributed by atoms with Crippen LogP contribution in [0.4, 0.5) is 0 Å². The number of hydrogen-bond acceptors (Lipinski definition) is 3. The predicted octanol–water partition coefficient (Wildman–Crippen LogP) is 3.94. The van der Waals surface area contributed by atoms with Gasteiger partial charge in [-0.2, -0.15) is 0 Å². The first kappa shape index (κ1) is 14.5. The second kappa shape index (κ2) is 6.53. The van der Waals surface area contributed by atoms with Gasteiger partial charge in [0.2, 0.25) is 5.88 Å². The molecule has 0 radical (unpaired) electrons. The van der Waals surface area contributed by atoms with E-state index in [0.29, 0.717) is 5.88 Å². The topological polar surface area (TPSA) is 42.4 Å². The molecule has 1 heterocycles. The lowest BCUT2D eigenvalue weighted by molar-refractivity contribution is 0.280. The van der Waals surface area contributed by atoms with Crippen LogP contribution < -0.4 is 4.74 Å². The van der Waals surface area contributed by atoms with E-state index < -0.39 is 0 Å². The maximum absolute atomic E-state index is 9.32. The summed E-state index contributed by atoms with van der Waals surface area (Å²) >= 11 is 0. The zero-order chi connectivity index (χ0) is 14.5. The van der Waals surface area contributed by atoms with Crippen LogP contribution in [0, 0.1) is 13.8 Å². The number of benzene rings is 1. The van der Waals surface area contributed by atoms with Crippen LogP contribution >= 0.6 is 0 Å². The minimum atomic E-state index is 0.00250. The number of pyridine rings is 1. The quantitative estimate of drug-likeness (QED) is 0.895. The molecule has 0 aliphatic carbocycles. The fourth-order valence-corrected chi connectivity index (χ4v) is 2.05. The number of aliphatic hydroxyl groups excluding tert-OH is 1. The van der Waals surface area contributed by atoms with Crippen molar-refractivity contribution < 1.29 is 9.84 Å². The van der Waals surface area contributed by atoms with Crippen LogP contribution in [0.5, 0.6) is 11.6 Å². The van der Waals surface area contributed by atoms with Crippen LogP contribution in [-0.4, -0.2) is 10.1 Å².